The normalized spacial score (nSPS) is 33.7. The highest BCUT2D eigenvalue weighted by Crippen LogP contribution is 2.40. The van der Waals surface area contributed by atoms with Gasteiger partial charge in [-0.2, -0.15) is 0 Å². The molecule has 3 atom stereocenters. The summed E-state index contributed by atoms with van der Waals surface area (Å²) in [5.41, 5.74) is -0.231. The molecule has 0 N–H and O–H groups in total. The molecule has 23 heavy (non-hydrogen) atoms. The summed E-state index contributed by atoms with van der Waals surface area (Å²) in [6.45, 7) is 11.8. The first-order valence-corrected chi connectivity index (χ1v) is 9.91. The van der Waals surface area contributed by atoms with Gasteiger partial charge in [0.1, 0.15) is 0 Å². The third-order valence-electron chi connectivity index (χ3n) is 6.52. The minimum atomic E-state index is -0.231. The molecular formula is C20H36N2O. The van der Waals surface area contributed by atoms with Crippen LogP contribution in [-0.4, -0.2) is 47.4 Å². The molecule has 1 saturated carbocycles. The highest BCUT2D eigenvalue weighted by molar-refractivity contribution is 5.81. The summed E-state index contributed by atoms with van der Waals surface area (Å²) in [6.07, 6.45) is 9.59. The van der Waals surface area contributed by atoms with E-state index in [9.17, 15) is 4.79 Å². The van der Waals surface area contributed by atoms with Crippen molar-refractivity contribution < 1.29 is 4.79 Å². The quantitative estimate of drug-likeness (QED) is 0.770. The van der Waals surface area contributed by atoms with Crippen molar-refractivity contribution in [1.29, 1.82) is 0 Å². The van der Waals surface area contributed by atoms with Crippen molar-refractivity contribution in [2.45, 2.75) is 84.7 Å². The van der Waals surface area contributed by atoms with Crippen molar-refractivity contribution in [3.05, 3.63) is 0 Å². The van der Waals surface area contributed by atoms with E-state index in [-0.39, 0.29) is 5.41 Å². The third kappa shape index (κ3) is 3.75. The van der Waals surface area contributed by atoms with Gasteiger partial charge in [0.05, 0.1) is 0 Å². The third-order valence-corrected chi connectivity index (χ3v) is 6.52. The van der Waals surface area contributed by atoms with Crippen molar-refractivity contribution in [2.75, 3.05) is 19.6 Å². The summed E-state index contributed by atoms with van der Waals surface area (Å²) in [6, 6.07) is 1.64. The van der Waals surface area contributed by atoms with Gasteiger partial charge in [0, 0.05) is 37.1 Å². The van der Waals surface area contributed by atoms with Crippen LogP contribution >= 0.6 is 0 Å². The largest absolute Gasteiger partial charge is 0.342 e. The zero-order chi connectivity index (χ0) is 16.6. The van der Waals surface area contributed by atoms with Gasteiger partial charge >= 0.3 is 0 Å². The van der Waals surface area contributed by atoms with Gasteiger partial charge < -0.3 is 4.90 Å². The molecular weight excluding hydrogens is 284 g/mol. The molecule has 0 aromatic heterocycles. The van der Waals surface area contributed by atoms with Crippen molar-refractivity contribution in [3.63, 3.8) is 0 Å². The van der Waals surface area contributed by atoms with Crippen LogP contribution < -0.4 is 0 Å². The van der Waals surface area contributed by atoms with Crippen LogP contribution in [0.3, 0.4) is 0 Å². The van der Waals surface area contributed by atoms with Crippen LogP contribution in [0.15, 0.2) is 0 Å². The first-order valence-electron chi connectivity index (χ1n) is 9.91. The molecule has 0 spiro atoms. The fraction of sp³-hybridized carbons (Fsp3) is 0.950. The highest BCUT2D eigenvalue weighted by atomic mass is 16.2. The van der Waals surface area contributed by atoms with Crippen LogP contribution in [0.5, 0.6) is 0 Å². The van der Waals surface area contributed by atoms with Crippen LogP contribution in [0, 0.1) is 17.3 Å². The molecule has 132 valence electrons. The second-order valence-electron chi connectivity index (χ2n) is 9.38. The van der Waals surface area contributed by atoms with E-state index in [4.69, 9.17) is 0 Å². The number of fused-ring (bicyclic) bond motifs is 1. The summed E-state index contributed by atoms with van der Waals surface area (Å²) >= 11 is 0. The van der Waals surface area contributed by atoms with Gasteiger partial charge in [-0.05, 0) is 50.9 Å². The van der Waals surface area contributed by atoms with Crippen molar-refractivity contribution >= 4 is 5.91 Å². The lowest BCUT2D eigenvalue weighted by atomic mass is 9.84. The maximum absolute atomic E-state index is 12.4. The van der Waals surface area contributed by atoms with Crippen LogP contribution in [0.25, 0.3) is 0 Å². The Bertz CT molecular complexity index is 420. The number of nitrogens with zero attached hydrogens (tertiary/aromatic N) is 2. The number of amides is 1. The molecule has 2 heterocycles. The Hall–Kier alpha value is -0.570. The van der Waals surface area contributed by atoms with Crippen LogP contribution in [0.2, 0.25) is 0 Å². The number of carbonyl (C=O) groups is 1. The average molecular weight is 321 g/mol. The number of piperidine rings is 1. The molecule has 3 aliphatic rings. The Balaban J connectivity index is 1.52. The highest BCUT2D eigenvalue weighted by Gasteiger charge is 2.41. The molecule has 1 amide bonds. The molecule has 0 aromatic carbocycles. The fourth-order valence-electron chi connectivity index (χ4n) is 5.21. The number of likely N-dealkylation sites (tertiary alicyclic amines) is 2. The summed E-state index contributed by atoms with van der Waals surface area (Å²) in [4.78, 5) is 17.4. The minimum absolute atomic E-state index is 0.231. The maximum Gasteiger partial charge on any atom is 0.227 e. The van der Waals surface area contributed by atoms with E-state index in [1.165, 1.54) is 51.5 Å². The van der Waals surface area contributed by atoms with Gasteiger partial charge in [-0.15, -0.1) is 0 Å². The summed E-state index contributed by atoms with van der Waals surface area (Å²) in [7, 11) is 0. The summed E-state index contributed by atoms with van der Waals surface area (Å²) in [5, 5.41) is 0. The second-order valence-corrected chi connectivity index (χ2v) is 9.38. The molecule has 3 fully saturated rings. The zero-order valence-electron chi connectivity index (χ0n) is 15.7. The van der Waals surface area contributed by atoms with Gasteiger partial charge in [0.15, 0.2) is 0 Å². The molecule has 0 radical (unpaired) electrons. The van der Waals surface area contributed by atoms with E-state index in [0.717, 1.165) is 37.0 Å². The Morgan fingerprint density at radius 1 is 1.04 bits per heavy atom. The molecule has 3 nitrogen and oxygen atoms in total. The molecule has 3 heteroatoms. The first kappa shape index (κ1) is 17.3. The minimum Gasteiger partial charge on any atom is -0.342 e. The topological polar surface area (TPSA) is 23.6 Å². The lowest BCUT2D eigenvalue weighted by Gasteiger charge is -2.40. The van der Waals surface area contributed by atoms with Gasteiger partial charge in [0.25, 0.3) is 0 Å². The molecule has 2 aliphatic heterocycles. The first-order chi connectivity index (χ1) is 10.9. The lowest BCUT2D eigenvalue weighted by Crippen LogP contribution is -2.47. The zero-order valence-corrected chi connectivity index (χ0v) is 15.7. The number of hydrogen-bond acceptors (Lipinski definition) is 2. The van der Waals surface area contributed by atoms with Crippen LogP contribution in [-0.2, 0) is 4.79 Å². The Morgan fingerprint density at radius 3 is 2.35 bits per heavy atom. The molecule has 3 rings (SSSR count). The predicted octanol–water partition coefficient (Wildman–Crippen LogP) is 3.92. The van der Waals surface area contributed by atoms with Crippen molar-refractivity contribution in [3.8, 4) is 0 Å². The smallest absolute Gasteiger partial charge is 0.227 e. The SMILES string of the molecule is C[C@@H]1C[C@H]2CCCC[C@@H]2N1CC1CCN(C(=O)C(C)(C)C)CC1. The van der Waals surface area contributed by atoms with Crippen molar-refractivity contribution in [1.82, 2.24) is 9.80 Å². The Kier molecular flexibility index (Phi) is 5.06. The van der Waals surface area contributed by atoms with E-state index in [0.29, 0.717) is 5.91 Å². The maximum atomic E-state index is 12.4. The van der Waals surface area contributed by atoms with Gasteiger partial charge in [0.2, 0.25) is 5.91 Å². The molecule has 0 aromatic rings. The van der Waals surface area contributed by atoms with E-state index in [1.807, 2.05) is 20.8 Å². The number of carbonyl (C=O) groups excluding carboxylic acids is 1. The van der Waals surface area contributed by atoms with E-state index in [1.54, 1.807) is 0 Å². The van der Waals surface area contributed by atoms with E-state index >= 15 is 0 Å². The van der Waals surface area contributed by atoms with Crippen molar-refractivity contribution in [2.24, 2.45) is 17.3 Å². The van der Waals surface area contributed by atoms with Gasteiger partial charge in [-0.1, -0.05) is 33.6 Å². The monoisotopic (exact) mass is 320 g/mol. The second kappa shape index (κ2) is 6.74. The predicted molar refractivity (Wildman–Crippen MR) is 95.3 cm³/mol. The average Bonchev–Trinajstić information content (AvgIpc) is 2.82. The van der Waals surface area contributed by atoms with Gasteiger partial charge in [-0.25, -0.2) is 0 Å². The molecule has 1 aliphatic carbocycles. The Labute approximate surface area is 142 Å². The number of rotatable bonds is 2. The van der Waals surface area contributed by atoms with E-state index < -0.39 is 0 Å². The van der Waals surface area contributed by atoms with Crippen LogP contribution in [0.1, 0.15) is 72.6 Å². The molecule has 0 unspecified atom stereocenters. The molecule has 2 saturated heterocycles. The van der Waals surface area contributed by atoms with Gasteiger partial charge in [-0.3, -0.25) is 9.69 Å². The standard InChI is InChI=1S/C20H36N2O/c1-15-13-17-7-5-6-8-18(17)22(15)14-16-9-11-21(12-10-16)19(23)20(2,3)4/h15-18H,5-14H2,1-4H3/t15-,17-,18+/m1/s1. The fourth-order valence-corrected chi connectivity index (χ4v) is 5.21. The molecule has 0 bridgehead atoms. The summed E-state index contributed by atoms with van der Waals surface area (Å²) in [5.74, 6) is 2.10. The lowest BCUT2D eigenvalue weighted by molar-refractivity contribution is -0.141. The summed E-state index contributed by atoms with van der Waals surface area (Å²) < 4.78 is 0. The number of hydrogen-bond donors (Lipinski definition) is 0. The van der Waals surface area contributed by atoms with Crippen LogP contribution in [0.4, 0.5) is 0 Å². The Morgan fingerprint density at radius 2 is 1.70 bits per heavy atom. The van der Waals surface area contributed by atoms with E-state index in [2.05, 4.69) is 16.7 Å².